The van der Waals surface area contributed by atoms with Crippen molar-refractivity contribution in [2.24, 2.45) is 0 Å². The Morgan fingerprint density at radius 1 is 1.23 bits per heavy atom. The molecular formula is C22H24FN5O2S. The van der Waals surface area contributed by atoms with E-state index >= 15 is 0 Å². The van der Waals surface area contributed by atoms with E-state index in [9.17, 15) is 14.0 Å². The van der Waals surface area contributed by atoms with Crippen LogP contribution in [0.1, 0.15) is 24.2 Å². The van der Waals surface area contributed by atoms with Crippen molar-refractivity contribution in [2.75, 3.05) is 11.6 Å². The van der Waals surface area contributed by atoms with E-state index in [1.807, 2.05) is 30.5 Å². The van der Waals surface area contributed by atoms with Crippen molar-refractivity contribution >= 4 is 23.5 Å². The number of halogens is 1. The van der Waals surface area contributed by atoms with Crippen molar-refractivity contribution in [1.29, 1.82) is 0 Å². The summed E-state index contributed by atoms with van der Waals surface area (Å²) in [7, 11) is 0. The molecule has 0 radical (unpaired) electrons. The molecule has 0 bridgehead atoms. The predicted octanol–water partition coefficient (Wildman–Crippen LogP) is 3.48. The first-order chi connectivity index (χ1) is 15.0. The number of carbonyl (C=O) groups excluding carboxylic acids is 1. The molecule has 9 heteroatoms. The summed E-state index contributed by atoms with van der Waals surface area (Å²) in [4.78, 5) is 26.2. The summed E-state index contributed by atoms with van der Waals surface area (Å²) in [6.45, 7) is 0.794. The Morgan fingerprint density at radius 3 is 2.81 bits per heavy atom. The maximum absolute atomic E-state index is 13.1. The molecule has 1 aliphatic heterocycles. The van der Waals surface area contributed by atoms with Crippen LogP contribution in [0.4, 0.5) is 14.9 Å². The third kappa shape index (κ3) is 5.16. The van der Waals surface area contributed by atoms with E-state index in [0.29, 0.717) is 38.2 Å². The molecule has 1 unspecified atom stereocenters. The van der Waals surface area contributed by atoms with E-state index < -0.39 is 0 Å². The minimum Gasteiger partial charge on any atom is -0.335 e. The van der Waals surface area contributed by atoms with Gasteiger partial charge in [0.15, 0.2) is 0 Å². The summed E-state index contributed by atoms with van der Waals surface area (Å²) in [5.74, 6) is 0.403. The largest absolute Gasteiger partial charge is 0.346 e. The van der Waals surface area contributed by atoms with Crippen LogP contribution in [0.5, 0.6) is 0 Å². The summed E-state index contributed by atoms with van der Waals surface area (Å²) in [6.07, 6.45) is 3.93. The molecule has 2 heterocycles. The number of aryl methyl sites for hydroxylation is 1. The highest BCUT2D eigenvalue weighted by molar-refractivity contribution is 7.98. The highest BCUT2D eigenvalue weighted by atomic mass is 32.2. The lowest BCUT2D eigenvalue weighted by Gasteiger charge is -2.17. The van der Waals surface area contributed by atoms with E-state index in [1.165, 1.54) is 16.8 Å². The first-order valence-corrected chi connectivity index (χ1v) is 11.4. The van der Waals surface area contributed by atoms with Crippen LogP contribution in [0.2, 0.25) is 0 Å². The maximum Gasteiger partial charge on any atom is 0.346 e. The van der Waals surface area contributed by atoms with Gasteiger partial charge in [-0.2, -0.15) is 5.10 Å². The van der Waals surface area contributed by atoms with E-state index in [1.54, 1.807) is 28.5 Å². The van der Waals surface area contributed by atoms with Gasteiger partial charge in [0, 0.05) is 29.6 Å². The lowest BCUT2D eigenvalue weighted by molar-refractivity contribution is 0.247. The van der Waals surface area contributed by atoms with Crippen LogP contribution in [0.3, 0.4) is 0 Å². The average molecular weight is 442 g/mol. The van der Waals surface area contributed by atoms with Gasteiger partial charge in [-0.05, 0) is 55.0 Å². The molecule has 0 aliphatic carbocycles. The van der Waals surface area contributed by atoms with Gasteiger partial charge in [0.25, 0.3) is 0 Å². The van der Waals surface area contributed by atoms with Crippen molar-refractivity contribution in [1.82, 2.24) is 19.7 Å². The first-order valence-electron chi connectivity index (χ1n) is 10.1. The molecule has 0 fully saturated rings. The van der Waals surface area contributed by atoms with Gasteiger partial charge in [0.05, 0.1) is 6.54 Å². The Labute approximate surface area is 183 Å². The second-order valence-corrected chi connectivity index (χ2v) is 8.37. The number of rotatable bonds is 5. The number of urea groups is 1. The minimum atomic E-state index is -0.309. The Bertz CT molecular complexity index is 1130. The summed E-state index contributed by atoms with van der Waals surface area (Å²) in [6, 6.07) is 13.4. The molecule has 2 aromatic carbocycles. The van der Waals surface area contributed by atoms with Gasteiger partial charge in [-0.25, -0.2) is 18.7 Å². The molecule has 0 saturated carbocycles. The molecule has 31 heavy (non-hydrogen) atoms. The molecule has 1 aliphatic rings. The third-order valence-electron chi connectivity index (χ3n) is 5.33. The van der Waals surface area contributed by atoms with Crippen molar-refractivity contribution in [3.8, 4) is 0 Å². The Balaban J connectivity index is 1.36. The number of fused-ring (bicyclic) bond motifs is 1. The first kappa shape index (κ1) is 21.2. The molecule has 2 amide bonds. The maximum atomic E-state index is 13.1. The number of hydrogen-bond acceptors (Lipinski definition) is 4. The van der Waals surface area contributed by atoms with Crippen molar-refractivity contribution in [3.05, 3.63) is 76.2 Å². The third-order valence-corrected chi connectivity index (χ3v) is 6.05. The van der Waals surface area contributed by atoms with Crippen LogP contribution in [-0.2, 0) is 19.5 Å². The molecule has 0 spiro atoms. The van der Waals surface area contributed by atoms with Crippen LogP contribution in [0.15, 0.2) is 58.2 Å². The number of nitrogens with zero attached hydrogens (tertiary/aromatic N) is 3. The van der Waals surface area contributed by atoms with Gasteiger partial charge in [0.1, 0.15) is 11.6 Å². The van der Waals surface area contributed by atoms with E-state index in [0.717, 1.165) is 16.1 Å². The van der Waals surface area contributed by atoms with Gasteiger partial charge in [-0.15, -0.1) is 11.8 Å². The van der Waals surface area contributed by atoms with E-state index in [-0.39, 0.29) is 23.6 Å². The fourth-order valence-corrected chi connectivity index (χ4v) is 4.15. The fourth-order valence-electron chi connectivity index (χ4n) is 3.69. The predicted molar refractivity (Wildman–Crippen MR) is 119 cm³/mol. The fraction of sp³-hybridized carbons (Fsp3) is 0.318. The molecule has 2 N–H and O–H groups in total. The van der Waals surface area contributed by atoms with Gasteiger partial charge in [-0.3, -0.25) is 4.57 Å². The van der Waals surface area contributed by atoms with E-state index in [2.05, 4.69) is 15.7 Å². The molecule has 1 atom stereocenters. The SMILES string of the molecule is CSc1cccc(NC(=O)NC2CCc3nn(Cc4ccc(F)cc4)c(=O)n3CC2)c1. The van der Waals surface area contributed by atoms with Crippen LogP contribution in [0, 0.1) is 5.82 Å². The summed E-state index contributed by atoms with van der Waals surface area (Å²) < 4.78 is 16.2. The number of nitrogens with one attached hydrogen (secondary N) is 2. The smallest absolute Gasteiger partial charge is 0.335 e. The number of anilines is 1. The van der Waals surface area contributed by atoms with Crippen LogP contribution in [0.25, 0.3) is 0 Å². The topological polar surface area (TPSA) is 81.0 Å². The molecular weight excluding hydrogens is 417 g/mol. The summed E-state index contributed by atoms with van der Waals surface area (Å²) in [5.41, 5.74) is 1.38. The lowest BCUT2D eigenvalue weighted by atomic mass is 10.1. The number of aromatic nitrogens is 3. The highest BCUT2D eigenvalue weighted by Gasteiger charge is 2.22. The molecule has 162 valence electrons. The van der Waals surface area contributed by atoms with Gasteiger partial charge in [-0.1, -0.05) is 18.2 Å². The number of amides is 2. The molecule has 7 nitrogen and oxygen atoms in total. The van der Waals surface area contributed by atoms with Crippen molar-refractivity contribution in [3.63, 3.8) is 0 Å². The second-order valence-electron chi connectivity index (χ2n) is 7.49. The molecule has 4 rings (SSSR count). The molecule has 1 aromatic heterocycles. The standard InChI is InChI=1S/C22H24FN5O2S/c1-31-19-4-2-3-18(13-19)25-21(29)24-17-9-10-20-26-28(22(30)27(20)12-11-17)14-15-5-7-16(23)8-6-15/h2-8,13,17H,9-12,14H2,1H3,(H2,24,25,29). The van der Waals surface area contributed by atoms with Gasteiger partial charge >= 0.3 is 11.7 Å². The average Bonchev–Trinajstić information content (AvgIpc) is 2.92. The number of benzene rings is 2. The normalized spacial score (nSPS) is 15.7. The Kier molecular flexibility index (Phi) is 6.41. The monoisotopic (exact) mass is 441 g/mol. The van der Waals surface area contributed by atoms with Gasteiger partial charge < -0.3 is 10.6 Å². The zero-order valence-electron chi connectivity index (χ0n) is 17.2. The zero-order valence-corrected chi connectivity index (χ0v) is 18.0. The zero-order chi connectivity index (χ0) is 21.8. The highest BCUT2D eigenvalue weighted by Crippen LogP contribution is 2.19. The van der Waals surface area contributed by atoms with Crippen molar-refractivity contribution in [2.45, 2.75) is 43.3 Å². The van der Waals surface area contributed by atoms with Crippen molar-refractivity contribution < 1.29 is 9.18 Å². The number of carbonyl (C=O) groups is 1. The van der Waals surface area contributed by atoms with Crippen LogP contribution >= 0.6 is 11.8 Å². The van der Waals surface area contributed by atoms with E-state index in [4.69, 9.17) is 0 Å². The molecule has 0 saturated heterocycles. The lowest BCUT2D eigenvalue weighted by Crippen LogP contribution is -2.38. The minimum absolute atomic E-state index is 0.0459. The van der Waals surface area contributed by atoms with Crippen LogP contribution in [-0.4, -0.2) is 32.7 Å². The Morgan fingerprint density at radius 2 is 2.03 bits per heavy atom. The number of thioether (sulfide) groups is 1. The summed E-state index contributed by atoms with van der Waals surface area (Å²) in [5, 5.41) is 10.4. The van der Waals surface area contributed by atoms with Gasteiger partial charge in [0.2, 0.25) is 0 Å². The number of hydrogen-bond donors (Lipinski definition) is 2. The summed E-state index contributed by atoms with van der Waals surface area (Å²) >= 11 is 1.62. The second kappa shape index (κ2) is 9.38. The molecule has 3 aromatic rings. The van der Waals surface area contributed by atoms with Crippen LogP contribution < -0.4 is 16.3 Å². The quantitative estimate of drug-likeness (QED) is 0.594. The Hall–Kier alpha value is -3.07.